The quantitative estimate of drug-likeness (QED) is 0.800. The van der Waals surface area contributed by atoms with Crippen LogP contribution in [-0.4, -0.2) is 24.8 Å². The summed E-state index contributed by atoms with van der Waals surface area (Å²) in [7, 11) is 0. The van der Waals surface area contributed by atoms with Gasteiger partial charge in [0, 0.05) is 28.8 Å². The number of halogens is 4. The summed E-state index contributed by atoms with van der Waals surface area (Å²) in [5.74, 6) is 0. The molecule has 0 atom stereocenters. The predicted octanol–water partition coefficient (Wildman–Crippen LogP) is 4.48. The molecule has 1 fully saturated rings. The maximum absolute atomic E-state index is 12.9. The Morgan fingerprint density at radius 3 is 2.52 bits per heavy atom. The monoisotopic (exact) mass is 364 g/mol. The van der Waals surface area contributed by atoms with Crippen LogP contribution in [0.25, 0.3) is 0 Å². The van der Waals surface area contributed by atoms with Crippen LogP contribution in [0.1, 0.15) is 32.3 Å². The summed E-state index contributed by atoms with van der Waals surface area (Å²) in [4.78, 5) is 1.50. The fourth-order valence-corrected chi connectivity index (χ4v) is 2.61. The van der Waals surface area contributed by atoms with Crippen LogP contribution < -0.4 is 10.2 Å². The van der Waals surface area contributed by atoms with E-state index in [1.54, 1.807) is 6.07 Å². The second kappa shape index (κ2) is 6.57. The lowest BCUT2D eigenvalue weighted by atomic mass is 10.1. The summed E-state index contributed by atoms with van der Waals surface area (Å²) < 4.78 is 39.4. The van der Waals surface area contributed by atoms with Crippen molar-refractivity contribution in [1.82, 2.24) is 5.32 Å². The Bertz CT molecular complexity index is 484. The van der Waals surface area contributed by atoms with Gasteiger partial charge in [-0.1, -0.05) is 35.8 Å². The molecule has 2 rings (SSSR count). The largest absolute Gasteiger partial charge is 0.405 e. The van der Waals surface area contributed by atoms with Crippen LogP contribution >= 0.6 is 15.9 Å². The standard InChI is InChI=1S/C15H20BrF3N2/c1-10(2)20-8-11-3-4-12(16)7-14(11)21(13-5-6-13)9-15(17,18)19/h3-4,7,10,13,20H,5-6,8-9H2,1-2H3. The maximum atomic E-state index is 12.9. The number of alkyl halides is 3. The van der Waals surface area contributed by atoms with Gasteiger partial charge in [-0.3, -0.25) is 0 Å². The van der Waals surface area contributed by atoms with Gasteiger partial charge in [-0.25, -0.2) is 0 Å². The van der Waals surface area contributed by atoms with Gasteiger partial charge >= 0.3 is 6.18 Å². The first kappa shape index (κ1) is 16.6. The second-order valence-corrected chi connectivity index (χ2v) is 6.70. The molecule has 0 amide bonds. The minimum absolute atomic E-state index is 0.0127. The van der Waals surface area contributed by atoms with Crippen LogP contribution in [0, 0.1) is 0 Å². The van der Waals surface area contributed by atoms with Crippen LogP contribution in [0.2, 0.25) is 0 Å². The molecule has 1 aromatic rings. The highest BCUT2D eigenvalue weighted by Gasteiger charge is 2.38. The zero-order valence-corrected chi connectivity index (χ0v) is 13.8. The van der Waals surface area contributed by atoms with Gasteiger partial charge < -0.3 is 10.2 Å². The van der Waals surface area contributed by atoms with Crippen molar-refractivity contribution in [2.24, 2.45) is 0 Å². The van der Waals surface area contributed by atoms with Gasteiger partial charge in [-0.2, -0.15) is 13.2 Å². The van der Waals surface area contributed by atoms with Gasteiger partial charge in [0.05, 0.1) is 0 Å². The third kappa shape index (κ3) is 5.18. The normalized spacial score (nSPS) is 15.6. The third-order valence-electron chi connectivity index (χ3n) is 3.39. The van der Waals surface area contributed by atoms with Crippen LogP contribution in [0.15, 0.2) is 22.7 Å². The molecule has 0 heterocycles. The fourth-order valence-electron chi connectivity index (χ4n) is 2.26. The Hall–Kier alpha value is -0.750. The lowest BCUT2D eigenvalue weighted by molar-refractivity contribution is -0.120. The fraction of sp³-hybridized carbons (Fsp3) is 0.600. The van der Waals surface area contributed by atoms with Crippen molar-refractivity contribution in [3.8, 4) is 0 Å². The van der Waals surface area contributed by atoms with E-state index in [0.29, 0.717) is 18.3 Å². The van der Waals surface area contributed by atoms with Gasteiger partial charge in [0.15, 0.2) is 0 Å². The molecule has 0 bridgehead atoms. The van der Waals surface area contributed by atoms with E-state index >= 15 is 0 Å². The van der Waals surface area contributed by atoms with E-state index in [1.807, 2.05) is 26.0 Å². The molecule has 1 saturated carbocycles. The number of benzene rings is 1. The maximum Gasteiger partial charge on any atom is 0.405 e. The van der Waals surface area contributed by atoms with Crippen molar-refractivity contribution in [2.75, 3.05) is 11.4 Å². The van der Waals surface area contributed by atoms with E-state index in [0.717, 1.165) is 22.9 Å². The number of nitrogens with one attached hydrogen (secondary N) is 1. The molecule has 2 nitrogen and oxygen atoms in total. The molecule has 118 valence electrons. The summed E-state index contributed by atoms with van der Waals surface area (Å²) in [6, 6.07) is 5.86. The lowest BCUT2D eigenvalue weighted by Crippen LogP contribution is -2.37. The van der Waals surface area contributed by atoms with E-state index in [4.69, 9.17) is 0 Å². The van der Waals surface area contributed by atoms with Crippen LogP contribution in [0.4, 0.5) is 18.9 Å². The van der Waals surface area contributed by atoms with Gasteiger partial charge in [0.25, 0.3) is 0 Å². The second-order valence-electron chi connectivity index (χ2n) is 5.78. The summed E-state index contributed by atoms with van der Waals surface area (Å²) in [6.07, 6.45) is -2.52. The number of anilines is 1. The highest BCUT2D eigenvalue weighted by atomic mass is 79.9. The molecule has 21 heavy (non-hydrogen) atoms. The minimum Gasteiger partial charge on any atom is -0.359 e. The summed E-state index contributed by atoms with van der Waals surface area (Å²) in [6.45, 7) is 3.73. The molecule has 1 aromatic carbocycles. The van der Waals surface area contributed by atoms with E-state index in [1.165, 1.54) is 4.90 Å². The first-order valence-electron chi connectivity index (χ1n) is 7.11. The molecule has 0 aromatic heterocycles. The van der Waals surface area contributed by atoms with Gasteiger partial charge in [-0.05, 0) is 30.5 Å². The average Bonchev–Trinajstić information content (AvgIpc) is 3.17. The van der Waals surface area contributed by atoms with Gasteiger partial charge in [0.2, 0.25) is 0 Å². The van der Waals surface area contributed by atoms with Crippen LogP contribution in [0.3, 0.4) is 0 Å². The van der Waals surface area contributed by atoms with Crippen molar-refractivity contribution < 1.29 is 13.2 Å². The topological polar surface area (TPSA) is 15.3 Å². The Morgan fingerprint density at radius 1 is 1.33 bits per heavy atom. The van der Waals surface area contributed by atoms with Crippen molar-refractivity contribution in [3.63, 3.8) is 0 Å². The van der Waals surface area contributed by atoms with Crippen molar-refractivity contribution in [2.45, 2.75) is 51.5 Å². The third-order valence-corrected chi connectivity index (χ3v) is 3.89. The van der Waals surface area contributed by atoms with Crippen molar-refractivity contribution >= 4 is 21.6 Å². The number of nitrogens with zero attached hydrogens (tertiary/aromatic N) is 1. The van der Waals surface area contributed by atoms with Gasteiger partial charge in [-0.15, -0.1) is 0 Å². The van der Waals surface area contributed by atoms with Crippen LogP contribution in [0.5, 0.6) is 0 Å². The predicted molar refractivity (Wildman–Crippen MR) is 82.5 cm³/mol. The molecule has 0 saturated heterocycles. The number of rotatable bonds is 6. The molecule has 6 heteroatoms. The molecule has 0 spiro atoms. The highest BCUT2D eigenvalue weighted by molar-refractivity contribution is 9.10. The first-order chi connectivity index (χ1) is 9.76. The van der Waals surface area contributed by atoms with E-state index in [-0.39, 0.29) is 6.04 Å². The molecule has 0 radical (unpaired) electrons. The highest BCUT2D eigenvalue weighted by Crippen LogP contribution is 2.37. The lowest BCUT2D eigenvalue weighted by Gasteiger charge is -2.28. The zero-order valence-electron chi connectivity index (χ0n) is 12.2. The van der Waals surface area contributed by atoms with E-state index in [2.05, 4.69) is 21.2 Å². The molecule has 1 aliphatic rings. The zero-order chi connectivity index (χ0) is 15.6. The molecular weight excluding hydrogens is 345 g/mol. The summed E-state index contributed by atoms with van der Waals surface area (Å²) >= 11 is 3.37. The Kier molecular flexibility index (Phi) is 5.20. The van der Waals surface area contributed by atoms with E-state index in [9.17, 15) is 13.2 Å². The molecule has 1 aliphatic carbocycles. The average molecular weight is 365 g/mol. The Morgan fingerprint density at radius 2 is 2.00 bits per heavy atom. The van der Waals surface area contributed by atoms with Crippen molar-refractivity contribution in [1.29, 1.82) is 0 Å². The van der Waals surface area contributed by atoms with Crippen LogP contribution in [-0.2, 0) is 6.54 Å². The van der Waals surface area contributed by atoms with Crippen molar-refractivity contribution in [3.05, 3.63) is 28.2 Å². The molecular formula is C15H20BrF3N2. The minimum atomic E-state index is -4.19. The Balaban J connectivity index is 2.27. The first-order valence-corrected chi connectivity index (χ1v) is 7.91. The number of hydrogen-bond acceptors (Lipinski definition) is 2. The van der Waals surface area contributed by atoms with Gasteiger partial charge in [0.1, 0.15) is 6.54 Å². The Labute approximate surface area is 131 Å². The molecule has 0 aliphatic heterocycles. The SMILES string of the molecule is CC(C)NCc1ccc(Br)cc1N(CC(F)(F)F)C1CC1. The summed E-state index contributed by atoms with van der Waals surface area (Å²) in [5, 5.41) is 3.28. The smallest absolute Gasteiger partial charge is 0.359 e. The molecule has 1 N–H and O–H groups in total. The summed E-state index contributed by atoms with van der Waals surface area (Å²) in [5.41, 5.74) is 1.58. The molecule has 0 unspecified atom stereocenters. The van der Waals surface area contributed by atoms with E-state index < -0.39 is 12.7 Å². The number of hydrogen-bond donors (Lipinski definition) is 1.